The molecule has 0 aromatic rings. The molecule has 30 heavy (non-hydrogen) atoms. The summed E-state index contributed by atoms with van der Waals surface area (Å²) in [7, 11) is 1.71. The van der Waals surface area contributed by atoms with Crippen LogP contribution in [0.1, 0.15) is 96.8 Å². The third kappa shape index (κ3) is 7.47. The Balaban J connectivity index is 1.53. The van der Waals surface area contributed by atoms with Gasteiger partial charge in [0.25, 0.3) is 5.91 Å². The van der Waals surface area contributed by atoms with Gasteiger partial charge in [0, 0.05) is 13.6 Å². The number of imide groups is 1. The standard InChI is InChI=1S/C23H42N4O2S/c1-4-5-6-7-8-9-10-11-12-13-14-15-16-17-18-27-19-20(24-23(27)30-3)26(2)22(29)25-21(19)28/h19-20H,4-18H2,1-3H3,(H,25,28,29). The second kappa shape index (κ2) is 13.9. The Hall–Kier alpha value is -1.24. The third-order valence-electron chi connectivity index (χ3n) is 6.26. The first-order chi connectivity index (χ1) is 14.6. The Bertz CT molecular complexity index is 569. The fraction of sp³-hybridized carbons (Fsp3) is 0.870. The summed E-state index contributed by atoms with van der Waals surface area (Å²) in [6, 6.07) is -0.735. The highest BCUT2D eigenvalue weighted by atomic mass is 32.2. The number of unbranched alkanes of at least 4 members (excludes halogenated alkanes) is 13. The monoisotopic (exact) mass is 438 g/mol. The van der Waals surface area contributed by atoms with Gasteiger partial charge in [-0.15, -0.1) is 0 Å². The van der Waals surface area contributed by atoms with Crippen LogP contribution in [0.5, 0.6) is 0 Å². The van der Waals surface area contributed by atoms with Crippen molar-refractivity contribution in [2.45, 2.75) is 109 Å². The SMILES string of the molecule is CCCCCCCCCCCCCCCCN1C(SC)=NC2C1C(=O)NC(=O)N2C. The molecule has 0 bridgehead atoms. The van der Waals surface area contributed by atoms with E-state index in [9.17, 15) is 9.59 Å². The van der Waals surface area contributed by atoms with E-state index in [0.29, 0.717) is 0 Å². The van der Waals surface area contributed by atoms with Gasteiger partial charge in [-0.05, 0) is 12.7 Å². The molecule has 7 heteroatoms. The Kier molecular flexibility index (Phi) is 11.6. The summed E-state index contributed by atoms with van der Waals surface area (Å²) >= 11 is 1.56. The van der Waals surface area contributed by atoms with Crippen LogP contribution < -0.4 is 5.32 Å². The number of amidine groups is 1. The normalized spacial score (nSPS) is 21.1. The van der Waals surface area contributed by atoms with Gasteiger partial charge in [0.1, 0.15) is 0 Å². The molecule has 2 unspecified atom stereocenters. The number of amides is 3. The summed E-state index contributed by atoms with van der Waals surface area (Å²) < 4.78 is 0. The summed E-state index contributed by atoms with van der Waals surface area (Å²) in [6.07, 6.45) is 20.3. The van der Waals surface area contributed by atoms with Gasteiger partial charge in [0.2, 0.25) is 0 Å². The maximum atomic E-state index is 12.4. The highest BCUT2D eigenvalue weighted by Gasteiger charge is 2.48. The van der Waals surface area contributed by atoms with Crippen LogP contribution in [0.2, 0.25) is 0 Å². The van der Waals surface area contributed by atoms with Gasteiger partial charge in [0.15, 0.2) is 17.4 Å². The van der Waals surface area contributed by atoms with Gasteiger partial charge in [-0.1, -0.05) is 102 Å². The number of nitrogens with one attached hydrogen (secondary N) is 1. The van der Waals surface area contributed by atoms with Crippen LogP contribution >= 0.6 is 11.8 Å². The van der Waals surface area contributed by atoms with Crippen molar-refractivity contribution in [1.82, 2.24) is 15.1 Å². The average molecular weight is 439 g/mol. The minimum Gasteiger partial charge on any atom is -0.336 e. The second-order valence-electron chi connectivity index (χ2n) is 8.67. The first-order valence-corrected chi connectivity index (χ1v) is 13.3. The van der Waals surface area contributed by atoms with E-state index >= 15 is 0 Å². The summed E-state index contributed by atoms with van der Waals surface area (Å²) in [5, 5.41) is 3.32. The lowest BCUT2D eigenvalue weighted by atomic mass is 10.0. The van der Waals surface area contributed by atoms with Gasteiger partial charge < -0.3 is 9.80 Å². The van der Waals surface area contributed by atoms with E-state index in [1.54, 1.807) is 18.8 Å². The Morgan fingerprint density at radius 3 is 1.87 bits per heavy atom. The Labute approximate surface area is 187 Å². The zero-order chi connectivity index (χ0) is 21.8. The molecule has 2 aliphatic rings. The smallest absolute Gasteiger partial charge is 0.325 e. The molecule has 0 aromatic carbocycles. The number of carbonyl (C=O) groups is 2. The number of urea groups is 1. The van der Waals surface area contributed by atoms with Gasteiger partial charge >= 0.3 is 6.03 Å². The van der Waals surface area contributed by atoms with E-state index in [0.717, 1.165) is 18.1 Å². The van der Waals surface area contributed by atoms with Gasteiger partial charge in [0.05, 0.1) is 0 Å². The van der Waals surface area contributed by atoms with Crippen molar-refractivity contribution in [3.63, 3.8) is 0 Å². The molecular formula is C23H42N4O2S. The molecule has 172 valence electrons. The van der Waals surface area contributed by atoms with E-state index in [1.807, 2.05) is 6.26 Å². The van der Waals surface area contributed by atoms with Crippen LogP contribution in [0.3, 0.4) is 0 Å². The average Bonchev–Trinajstić information content (AvgIpc) is 3.11. The molecule has 2 aliphatic heterocycles. The molecule has 0 saturated carbocycles. The van der Waals surface area contributed by atoms with Gasteiger partial charge in [-0.2, -0.15) is 0 Å². The maximum absolute atomic E-state index is 12.4. The minimum absolute atomic E-state index is 0.221. The summed E-state index contributed by atoms with van der Waals surface area (Å²) in [4.78, 5) is 32.5. The summed E-state index contributed by atoms with van der Waals surface area (Å²) in [5.74, 6) is -0.221. The van der Waals surface area contributed by atoms with Crippen molar-refractivity contribution < 1.29 is 9.59 Å². The number of fused-ring (bicyclic) bond motifs is 1. The maximum Gasteiger partial charge on any atom is 0.325 e. The van der Waals surface area contributed by atoms with Crippen LogP contribution in [-0.2, 0) is 4.79 Å². The number of hydrogen-bond donors (Lipinski definition) is 1. The molecule has 2 atom stereocenters. The second-order valence-corrected chi connectivity index (χ2v) is 9.44. The zero-order valence-electron chi connectivity index (χ0n) is 19.3. The van der Waals surface area contributed by atoms with E-state index in [-0.39, 0.29) is 24.1 Å². The lowest BCUT2D eigenvalue weighted by Crippen LogP contribution is -2.63. The first-order valence-electron chi connectivity index (χ1n) is 12.1. The highest BCUT2D eigenvalue weighted by molar-refractivity contribution is 8.13. The Morgan fingerprint density at radius 2 is 1.37 bits per heavy atom. The fourth-order valence-electron chi connectivity index (χ4n) is 4.38. The van der Waals surface area contributed by atoms with Crippen LogP contribution in [0.4, 0.5) is 4.79 Å². The molecule has 2 rings (SSSR count). The lowest BCUT2D eigenvalue weighted by Gasteiger charge is -2.36. The van der Waals surface area contributed by atoms with Crippen molar-refractivity contribution >= 4 is 28.9 Å². The number of thioether (sulfide) groups is 1. The van der Waals surface area contributed by atoms with Gasteiger partial charge in [-0.3, -0.25) is 10.1 Å². The quantitative estimate of drug-likeness (QED) is 0.349. The number of hydrogen-bond acceptors (Lipinski definition) is 5. The predicted octanol–water partition coefficient (Wildman–Crippen LogP) is 5.38. The van der Waals surface area contributed by atoms with Crippen LogP contribution in [0, 0.1) is 0 Å². The molecule has 1 fully saturated rings. The first kappa shape index (κ1) is 25.0. The van der Waals surface area contributed by atoms with Crippen LogP contribution in [0.25, 0.3) is 0 Å². The van der Waals surface area contributed by atoms with E-state index in [2.05, 4.69) is 22.1 Å². The van der Waals surface area contributed by atoms with E-state index < -0.39 is 0 Å². The number of carbonyl (C=O) groups excluding carboxylic acids is 2. The summed E-state index contributed by atoms with van der Waals surface area (Å²) in [6.45, 7) is 3.10. The van der Waals surface area contributed by atoms with Crippen molar-refractivity contribution in [2.75, 3.05) is 19.8 Å². The zero-order valence-corrected chi connectivity index (χ0v) is 20.1. The number of rotatable bonds is 15. The molecule has 0 spiro atoms. The topological polar surface area (TPSA) is 65.0 Å². The van der Waals surface area contributed by atoms with Crippen molar-refractivity contribution in [3.05, 3.63) is 0 Å². The van der Waals surface area contributed by atoms with Gasteiger partial charge in [-0.25, -0.2) is 9.79 Å². The molecule has 1 saturated heterocycles. The molecule has 6 nitrogen and oxygen atoms in total. The minimum atomic E-state index is -0.389. The molecule has 1 N–H and O–H groups in total. The molecule has 0 aliphatic carbocycles. The van der Waals surface area contributed by atoms with E-state index in [1.165, 1.54) is 88.4 Å². The van der Waals surface area contributed by atoms with Crippen LogP contribution in [0.15, 0.2) is 4.99 Å². The molecule has 3 amide bonds. The van der Waals surface area contributed by atoms with Crippen molar-refractivity contribution in [2.24, 2.45) is 4.99 Å². The molecule has 0 radical (unpaired) electrons. The summed E-state index contributed by atoms with van der Waals surface area (Å²) in [5.41, 5.74) is 0. The van der Waals surface area contributed by atoms with Crippen LogP contribution in [-0.4, -0.2) is 59.0 Å². The fourth-order valence-corrected chi connectivity index (χ4v) is 5.03. The molecule has 0 aromatic heterocycles. The third-order valence-corrected chi connectivity index (χ3v) is 6.96. The predicted molar refractivity (Wildman–Crippen MR) is 127 cm³/mol. The highest BCUT2D eigenvalue weighted by Crippen LogP contribution is 2.28. The largest absolute Gasteiger partial charge is 0.336 e. The Morgan fingerprint density at radius 1 is 0.867 bits per heavy atom. The number of nitrogens with zero attached hydrogens (tertiary/aromatic N) is 3. The lowest BCUT2D eigenvalue weighted by molar-refractivity contribution is -0.127. The number of likely N-dealkylation sites (N-methyl/N-ethyl adjacent to an activating group) is 1. The molecule has 2 heterocycles. The number of aliphatic imine (C=N–C) groups is 1. The molecular weight excluding hydrogens is 396 g/mol. The van der Waals surface area contributed by atoms with Crippen molar-refractivity contribution in [1.29, 1.82) is 0 Å². The van der Waals surface area contributed by atoms with Crippen molar-refractivity contribution in [3.8, 4) is 0 Å². The van der Waals surface area contributed by atoms with E-state index in [4.69, 9.17) is 0 Å².